The summed E-state index contributed by atoms with van der Waals surface area (Å²) >= 11 is 3.42. The van der Waals surface area contributed by atoms with Gasteiger partial charge in [-0.05, 0) is 55.3 Å². The number of hydrogen-bond acceptors (Lipinski definition) is 4. The molecule has 1 atom stereocenters. The number of carbonyl (C=O) groups excluding carboxylic acids is 3. The molecule has 0 aromatic heterocycles. The lowest BCUT2D eigenvalue weighted by molar-refractivity contribution is -0.122. The fraction of sp³-hybridized carbons (Fsp3) is 0.348. The highest BCUT2D eigenvalue weighted by Gasteiger charge is 2.35. The second kappa shape index (κ2) is 9.09. The van der Waals surface area contributed by atoms with Crippen molar-refractivity contribution in [1.82, 2.24) is 0 Å². The second-order valence-electron chi connectivity index (χ2n) is 8.09. The van der Waals surface area contributed by atoms with Crippen molar-refractivity contribution in [1.29, 1.82) is 0 Å². The van der Waals surface area contributed by atoms with Gasteiger partial charge in [-0.2, -0.15) is 0 Å². The molecule has 7 nitrogen and oxygen atoms in total. The molecule has 2 aliphatic heterocycles. The molecule has 3 N–H and O–H groups in total. The monoisotopic (exact) mass is 484 g/mol. The Morgan fingerprint density at radius 1 is 1.00 bits per heavy atom. The molecule has 2 aromatic carbocycles. The van der Waals surface area contributed by atoms with Gasteiger partial charge in [0.2, 0.25) is 17.7 Å². The third kappa shape index (κ3) is 4.90. The number of anilines is 3. The molecule has 0 bridgehead atoms. The minimum absolute atomic E-state index is 0.0412. The number of carbonyl (C=O) groups is 3. The number of benzene rings is 2. The lowest BCUT2D eigenvalue weighted by Gasteiger charge is -2.32. The zero-order valence-electron chi connectivity index (χ0n) is 17.1. The Labute approximate surface area is 189 Å². The van der Waals surface area contributed by atoms with Crippen molar-refractivity contribution in [2.45, 2.75) is 19.3 Å². The van der Waals surface area contributed by atoms with Crippen LogP contribution in [0.2, 0.25) is 0 Å². The maximum absolute atomic E-state index is 12.7. The molecule has 4 rings (SSSR count). The first-order chi connectivity index (χ1) is 14.9. The van der Waals surface area contributed by atoms with Gasteiger partial charge in [-0.3, -0.25) is 14.4 Å². The highest BCUT2D eigenvalue weighted by molar-refractivity contribution is 9.10. The Morgan fingerprint density at radius 3 is 2.35 bits per heavy atom. The Bertz CT molecular complexity index is 987. The third-order valence-corrected chi connectivity index (χ3v) is 6.51. The van der Waals surface area contributed by atoms with Crippen molar-refractivity contribution in [2.75, 3.05) is 34.8 Å². The van der Waals surface area contributed by atoms with Gasteiger partial charge < -0.3 is 20.9 Å². The maximum Gasteiger partial charge on any atom is 0.229 e. The largest absolute Gasteiger partial charge is 0.371 e. The molecule has 8 heteroatoms. The van der Waals surface area contributed by atoms with Crippen LogP contribution < -0.4 is 20.9 Å². The van der Waals surface area contributed by atoms with Crippen LogP contribution in [0, 0.1) is 11.8 Å². The number of halogens is 1. The van der Waals surface area contributed by atoms with E-state index < -0.39 is 0 Å². The number of primary amides is 1. The molecule has 0 saturated carbocycles. The summed E-state index contributed by atoms with van der Waals surface area (Å²) in [6.45, 7) is 1.94. The van der Waals surface area contributed by atoms with Gasteiger partial charge in [0, 0.05) is 53.5 Å². The number of nitrogens with zero attached hydrogens (tertiary/aromatic N) is 2. The van der Waals surface area contributed by atoms with E-state index in [9.17, 15) is 14.4 Å². The zero-order chi connectivity index (χ0) is 22.0. The van der Waals surface area contributed by atoms with E-state index in [1.165, 1.54) is 0 Å². The Hall–Kier alpha value is -2.87. The molecule has 0 aliphatic carbocycles. The van der Waals surface area contributed by atoms with Crippen molar-refractivity contribution in [3.63, 3.8) is 0 Å². The van der Waals surface area contributed by atoms with E-state index in [0.29, 0.717) is 12.2 Å². The van der Waals surface area contributed by atoms with E-state index in [-0.39, 0.29) is 36.0 Å². The molecule has 162 valence electrons. The zero-order valence-corrected chi connectivity index (χ0v) is 18.7. The van der Waals surface area contributed by atoms with Gasteiger partial charge in [0.1, 0.15) is 0 Å². The Balaban J connectivity index is 1.34. The number of nitrogens with one attached hydrogen (secondary N) is 1. The van der Waals surface area contributed by atoms with Crippen molar-refractivity contribution < 1.29 is 14.4 Å². The van der Waals surface area contributed by atoms with E-state index in [4.69, 9.17) is 5.73 Å². The van der Waals surface area contributed by atoms with Gasteiger partial charge >= 0.3 is 0 Å². The van der Waals surface area contributed by atoms with E-state index >= 15 is 0 Å². The summed E-state index contributed by atoms with van der Waals surface area (Å²) < 4.78 is 0.893. The normalized spacial score (nSPS) is 19.5. The summed E-state index contributed by atoms with van der Waals surface area (Å²) in [7, 11) is 0. The molecule has 0 radical (unpaired) electrons. The van der Waals surface area contributed by atoms with Gasteiger partial charge in [-0.25, -0.2) is 0 Å². The van der Waals surface area contributed by atoms with E-state index in [2.05, 4.69) is 26.1 Å². The second-order valence-corrected chi connectivity index (χ2v) is 9.00. The fourth-order valence-corrected chi connectivity index (χ4v) is 4.59. The highest BCUT2D eigenvalue weighted by Crippen LogP contribution is 2.29. The van der Waals surface area contributed by atoms with Gasteiger partial charge in [0.05, 0.1) is 5.92 Å². The van der Waals surface area contributed by atoms with Crippen molar-refractivity contribution in [3.8, 4) is 0 Å². The maximum atomic E-state index is 12.7. The van der Waals surface area contributed by atoms with Crippen LogP contribution in [0.5, 0.6) is 0 Å². The van der Waals surface area contributed by atoms with Crippen molar-refractivity contribution in [2.24, 2.45) is 17.6 Å². The number of amides is 3. The minimum Gasteiger partial charge on any atom is -0.371 e. The number of piperidine rings is 1. The number of rotatable bonds is 5. The van der Waals surface area contributed by atoms with Crippen LogP contribution in [0.3, 0.4) is 0 Å². The number of nitrogens with two attached hydrogens (primary N) is 1. The van der Waals surface area contributed by atoms with Crippen LogP contribution in [0.15, 0.2) is 53.0 Å². The summed E-state index contributed by atoms with van der Waals surface area (Å²) in [5, 5.41) is 2.93. The first kappa shape index (κ1) is 21.4. The van der Waals surface area contributed by atoms with Crippen LogP contribution in [-0.4, -0.2) is 37.4 Å². The molecule has 2 aromatic rings. The van der Waals surface area contributed by atoms with Gasteiger partial charge in [0.25, 0.3) is 0 Å². The average Bonchev–Trinajstić information content (AvgIpc) is 3.16. The smallest absolute Gasteiger partial charge is 0.229 e. The summed E-state index contributed by atoms with van der Waals surface area (Å²) in [4.78, 5) is 40.4. The highest BCUT2D eigenvalue weighted by atomic mass is 79.9. The Morgan fingerprint density at radius 2 is 1.71 bits per heavy atom. The molecular formula is C23H25BrN4O3. The third-order valence-electron chi connectivity index (χ3n) is 6.01. The van der Waals surface area contributed by atoms with E-state index in [0.717, 1.165) is 41.8 Å². The molecule has 31 heavy (non-hydrogen) atoms. The predicted octanol–water partition coefficient (Wildman–Crippen LogP) is 3.14. The van der Waals surface area contributed by atoms with Crippen LogP contribution in [-0.2, 0) is 14.4 Å². The lowest BCUT2D eigenvalue weighted by Crippen LogP contribution is -2.38. The van der Waals surface area contributed by atoms with Gasteiger partial charge in [0.15, 0.2) is 0 Å². The first-order valence-electron chi connectivity index (χ1n) is 10.4. The van der Waals surface area contributed by atoms with Crippen LogP contribution in [0.1, 0.15) is 19.3 Å². The quantitative estimate of drug-likeness (QED) is 0.681. The van der Waals surface area contributed by atoms with Crippen molar-refractivity contribution >= 4 is 50.7 Å². The molecule has 0 spiro atoms. The predicted molar refractivity (Wildman–Crippen MR) is 124 cm³/mol. The van der Waals surface area contributed by atoms with E-state index in [1.54, 1.807) is 4.90 Å². The summed E-state index contributed by atoms with van der Waals surface area (Å²) in [6.07, 6.45) is 1.72. The lowest BCUT2D eigenvalue weighted by atomic mass is 9.96. The minimum atomic E-state index is -0.390. The topological polar surface area (TPSA) is 95.7 Å². The molecule has 2 fully saturated rings. The molecule has 2 heterocycles. The average molecular weight is 485 g/mol. The van der Waals surface area contributed by atoms with Gasteiger partial charge in [-0.1, -0.05) is 22.0 Å². The molecule has 2 aliphatic rings. The fourth-order valence-electron chi connectivity index (χ4n) is 4.20. The van der Waals surface area contributed by atoms with Crippen LogP contribution >= 0.6 is 15.9 Å². The van der Waals surface area contributed by atoms with Crippen molar-refractivity contribution in [3.05, 3.63) is 53.0 Å². The standard InChI is InChI=1S/C23H25BrN4O3/c24-17-2-1-3-20(13-17)28-14-16(12-21(28)29)23(31)26-18-4-6-19(7-5-18)27-10-8-15(9-11-27)22(25)30/h1-7,13,15-16H,8-12,14H2,(H2,25,30)(H,26,31). The number of hydrogen-bond donors (Lipinski definition) is 2. The van der Waals surface area contributed by atoms with Crippen LogP contribution in [0.25, 0.3) is 0 Å². The molecular weight excluding hydrogens is 460 g/mol. The molecule has 2 saturated heterocycles. The molecule has 1 unspecified atom stereocenters. The van der Waals surface area contributed by atoms with E-state index in [1.807, 2.05) is 48.5 Å². The summed E-state index contributed by atoms with van der Waals surface area (Å²) in [5.41, 5.74) is 7.95. The van der Waals surface area contributed by atoms with Crippen LogP contribution in [0.4, 0.5) is 17.1 Å². The first-order valence-corrected chi connectivity index (χ1v) is 11.2. The molecule has 3 amide bonds. The summed E-state index contributed by atoms with van der Waals surface area (Å²) in [5.74, 6) is -0.852. The summed E-state index contributed by atoms with van der Waals surface area (Å²) in [6, 6.07) is 15.2. The Kier molecular flexibility index (Phi) is 6.27. The van der Waals surface area contributed by atoms with Gasteiger partial charge in [-0.15, -0.1) is 0 Å². The SMILES string of the molecule is NC(=O)C1CCN(c2ccc(NC(=O)C3CC(=O)N(c4cccc(Br)c4)C3)cc2)CC1.